The van der Waals surface area contributed by atoms with Crippen LogP contribution in [0.25, 0.3) is 0 Å². The van der Waals surface area contributed by atoms with Gasteiger partial charge >= 0.3 is 5.97 Å². The van der Waals surface area contributed by atoms with Crippen molar-refractivity contribution in [3.63, 3.8) is 0 Å². The summed E-state index contributed by atoms with van der Waals surface area (Å²) in [4.78, 5) is 10.5. The molecular weight excluding hydrogens is 278 g/mol. The number of carbonyl (C=O) groups is 1. The van der Waals surface area contributed by atoms with Crippen LogP contribution < -0.4 is 4.72 Å². The first-order chi connectivity index (χ1) is 9.07. The van der Waals surface area contributed by atoms with Gasteiger partial charge in [-0.2, -0.15) is 0 Å². The Hall–Kier alpha value is -1.56. The Morgan fingerprint density at radius 3 is 2.20 bits per heavy atom. The van der Waals surface area contributed by atoms with Crippen molar-refractivity contribution >= 4 is 21.7 Å². The topological polar surface area (TPSA) is 83.5 Å². The van der Waals surface area contributed by atoms with Crippen molar-refractivity contribution in [3.05, 3.63) is 29.8 Å². The van der Waals surface area contributed by atoms with Crippen LogP contribution in [0.15, 0.2) is 24.3 Å². The molecule has 112 valence electrons. The number of hydrogen-bond acceptors (Lipinski definition) is 3. The van der Waals surface area contributed by atoms with E-state index in [1.807, 2.05) is 20.8 Å². The molecule has 0 bridgehead atoms. The average Bonchev–Trinajstić information content (AvgIpc) is 2.24. The summed E-state index contributed by atoms with van der Waals surface area (Å²) < 4.78 is 26.4. The van der Waals surface area contributed by atoms with Crippen molar-refractivity contribution in [2.45, 2.75) is 33.6 Å². The summed E-state index contributed by atoms with van der Waals surface area (Å²) in [6, 6.07) is 6.77. The Kier molecular flexibility index (Phi) is 5.16. The zero-order valence-electron chi connectivity index (χ0n) is 12.0. The van der Waals surface area contributed by atoms with Crippen LogP contribution in [-0.4, -0.2) is 25.2 Å². The normalized spacial score (nSPS) is 12.2. The molecule has 0 aliphatic carbocycles. The number of hydrogen-bond donors (Lipinski definition) is 2. The van der Waals surface area contributed by atoms with Gasteiger partial charge in [-0.15, -0.1) is 0 Å². The fourth-order valence-corrected chi connectivity index (χ4v) is 3.48. The van der Waals surface area contributed by atoms with Gasteiger partial charge in [0, 0.05) is 12.1 Å². The van der Waals surface area contributed by atoms with Gasteiger partial charge in [0.1, 0.15) is 0 Å². The van der Waals surface area contributed by atoms with E-state index in [1.165, 1.54) is 0 Å². The predicted octanol–water partition coefficient (Wildman–Crippen LogP) is 2.49. The lowest BCUT2D eigenvalue weighted by molar-refractivity contribution is -0.136. The quantitative estimate of drug-likeness (QED) is 0.845. The van der Waals surface area contributed by atoms with Crippen LogP contribution in [0.4, 0.5) is 5.69 Å². The summed E-state index contributed by atoms with van der Waals surface area (Å²) in [5.74, 6) is -0.805. The molecule has 0 aromatic heterocycles. The fraction of sp³-hybridized carbons (Fsp3) is 0.500. The number of aliphatic carboxylic acids is 1. The number of sulfonamides is 1. The highest BCUT2D eigenvalue weighted by Crippen LogP contribution is 2.19. The smallest absolute Gasteiger partial charge is 0.303 e. The minimum absolute atomic E-state index is 0.0424. The predicted molar refractivity (Wildman–Crippen MR) is 79.3 cm³/mol. The first-order valence-corrected chi connectivity index (χ1v) is 8.04. The second kappa shape index (κ2) is 6.26. The lowest BCUT2D eigenvalue weighted by Crippen LogP contribution is -2.26. The number of carboxylic acids is 1. The fourth-order valence-electron chi connectivity index (χ4n) is 1.78. The Bertz CT molecular complexity index is 556. The number of rotatable bonds is 6. The van der Waals surface area contributed by atoms with E-state index in [2.05, 4.69) is 4.72 Å². The molecule has 2 N–H and O–H groups in total. The summed E-state index contributed by atoms with van der Waals surface area (Å²) in [6.45, 7) is 5.59. The number of carboxylic acid groups (broad SMARTS) is 1. The molecule has 1 rings (SSSR count). The zero-order valence-corrected chi connectivity index (χ0v) is 12.8. The third-order valence-electron chi connectivity index (χ3n) is 2.48. The van der Waals surface area contributed by atoms with Crippen molar-refractivity contribution in [1.82, 2.24) is 0 Å². The van der Waals surface area contributed by atoms with E-state index in [9.17, 15) is 13.2 Å². The minimum Gasteiger partial charge on any atom is -0.481 e. The lowest BCUT2D eigenvalue weighted by Gasteiger charge is -2.18. The SMILES string of the molecule is CC(C)(C)CS(=O)(=O)Nc1ccc(CCC(=O)O)cc1. The Morgan fingerprint density at radius 2 is 1.75 bits per heavy atom. The van der Waals surface area contributed by atoms with E-state index in [0.717, 1.165) is 5.56 Å². The van der Waals surface area contributed by atoms with E-state index < -0.39 is 16.0 Å². The molecule has 0 aliphatic rings. The molecule has 0 amide bonds. The lowest BCUT2D eigenvalue weighted by atomic mass is 10.0. The van der Waals surface area contributed by atoms with Crippen molar-refractivity contribution in [2.75, 3.05) is 10.5 Å². The molecule has 0 saturated heterocycles. The van der Waals surface area contributed by atoms with Crippen LogP contribution in [0.1, 0.15) is 32.8 Å². The van der Waals surface area contributed by atoms with Crippen molar-refractivity contribution in [3.8, 4) is 0 Å². The summed E-state index contributed by atoms with van der Waals surface area (Å²) in [6.07, 6.45) is 0.499. The third-order valence-corrected chi connectivity index (χ3v) is 4.27. The molecule has 20 heavy (non-hydrogen) atoms. The van der Waals surface area contributed by atoms with Gasteiger partial charge in [-0.1, -0.05) is 32.9 Å². The highest BCUT2D eigenvalue weighted by molar-refractivity contribution is 7.92. The van der Waals surface area contributed by atoms with Gasteiger partial charge in [0.25, 0.3) is 0 Å². The van der Waals surface area contributed by atoms with Crippen LogP contribution >= 0.6 is 0 Å². The molecule has 1 aromatic carbocycles. The van der Waals surface area contributed by atoms with Crippen molar-refractivity contribution in [1.29, 1.82) is 0 Å². The Morgan fingerprint density at radius 1 is 1.20 bits per heavy atom. The largest absolute Gasteiger partial charge is 0.481 e. The van der Waals surface area contributed by atoms with Gasteiger partial charge in [0.2, 0.25) is 10.0 Å². The van der Waals surface area contributed by atoms with E-state index in [4.69, 9.17) is 5.11 Å². The van der Waals surface area contributed by atoms with Crippen molar-refractivity contribution < 1.29 is 18.3 Å². The van der Waals surface area contributed by atoms with Gasteiger partial charge in [-0.3, -0.25) is 9.52 Å². The highest BCUT2D eigenvalue weighted by atomic mass is 32.2. The van der Waals surface area contributed by atoms with Crippen LogP contribution in [0.5, 0.6) is 0 Å². The van der Waals surface area contributed by atoms with Gasteiger partial charge in [-0.05, 0) is 29.5 Å². The maximum absolute atomic E-state index is 11.9. The molecule has 0 unspecified atom stereocenters. The molecule has 5 nitrogen and oxygen atoms in total. The number of benzene rings is 1. The maximum atomic E-state index is 11.9. The molecule has 0 atom stereocenters. The van der Waals surface area contributed by atoms with Gasteiger partial charge in [0.05, 0.1) is 5.75 Å². The van der Waals surface area contributed by atoms with Gasteiger partial charge in [0.15, 0.2) is 0 Å². The van der Waals surface area contributed by atoms with E-state index in [1.54, 1.807) is 24.3 Å². The average molecular weight is 299 g/mol. The number of aryl methyl sites for hydroxylation is 1. The summed E-state index contributed by atoms with van der Waals surface area (Å²) >= 11 is 0. The molecule has 0 saturated carbocycles. The second-order valence-corrected chi connectivity index (χ2v) is 7.73. The van der Waals surface area contributed by atoms with E-state index in [-0.39, 0.29) is 17.6 Å². The molecule has 0 radical (unpaired) electrons. The van der Waals surface area contributed by atoms with Crippen LogP contribution in [0, 0.1) is 5.41 Å². The highest BCUT2D eigenvalue weighted by Gasteiger charge is 2.21. The standard InChI is InChI=1S/C14H21NO4S/c1-14(2,3)10-20(18,19)15-12-7-4-11(5-8-12)6-9-13(16)17/h4-5,7-8,15H,6,9-10H2,1-3H3,(H,16,17). The molecule has 0 spiro atoms. The monoisotopic (exact) mass is 299 g/mol. The van der Waals surface area contributed by atoms with Crippen LogP contribution in [0.2, 0.25) is 0 Å². The Labute approximate surface area is 120 Å². The Balaban J connectivity index is 2.68. The summed E-state index contributed by atoms with van der Waals surface area (Å²) in [5.41, 5.74) is 1.05. The molecule has 0 aliphatic heterocycles. The van der Waals surface area contributed by atoms with E-state index in [0.29, 0.717) is 12.1 Å². The van der Waals surface area contributed by atoms with Gasteiger partial charge < -0.3 is 5.11 Å². The van der Waals surface area contributed by atoms with Crippen LogP contribution in [-0.2, 0) is 21.2 Å². The van der Waals surface area contributed by atoms with Crippen LogP contribution in [0.3, 0.4) is 0 Å². The van der Waals surface area contributed by atoms with Crippen molar-refractivity contribution in [2.24, 2.45) is 5.41 Å². The summed E-state index contributed by atoms with van der Waals surface area (Å²) in [5, 5.41) is 8.60. The molecule has 1 aromatic rings. The zero-order chi connectivity index (χ0) is 15.4. The first-order valence-electron chi connectivity index (χ1n) is 6.39. The molecule has 0 fully saturated rings. The molecule has 6 heteroatoms. The number of nitrogens with one attached hydrogen (secondary N) is 1. The van der Waals surface area contributed by atoms with E-state index >= 15 is 0 Å². The second-order valence-electron chi connectivity index (χ2n) is 6.01. The molecule has 0 heterocycles. The maximum Gasteiger partial charge on any atom is 0.303 e. The third kappa shape index (κ3) is 6.56. The van der Waals surface area contributed by atoms with Gasteiger partial charge in [-0.25, -0.2) is 8.42 Å². The number of anilines is 1. The molecular formula is C14H21NO4S. The minimum atomic E-state index is -3.38. The first kappa shape index (κ1) is 16.5. The summed E-state index contributed by atoms with van der Waals surface area (Å²) in [7, 11) is -3.38.